The molecule has 4 rings (SSSR count). The van der Waals surface area contributed by atoms with Crippen LogP contribution in [-0.4, -0.2) is 95.0 Å². The van der Waals surface area contributed by atoms with E-state index in [-0.39, 0.29) is 18.9 Å². The lowest BCUT2D eigenvalue weighted by Gasteiger charge is -2.47. The first-order chi connectivity index (χ1) is 23.4. The van der Waals surface area contributed by atoms with Gasteiger partial charge < -0.3 is 21.1 Å². The highest BCUT2D eigenvalue weighted by Crippen LogP contribution is 2.39. The van der Waals surface area contributed by atoms with Crippen LogP contribution < -0.4 is 16.0 Å². The molecule has 1 saturated heterocycles. The molecule has 12 heteroatoms. The van der Waals surface area contributed by atoms with Crippen molar-refractivity contribution in [3.8, 4) is 0 Å². The quantitative estimate of drug-likeness (QED) is 0.231. The third-order valence-electron chi connectivity index (χ3n) is 10.1. The third-order valence-corrected chi connectivity index (χ3v) is 12.3. The van der Waals surface area contributed by atoms with E-state index in [1.165, 1.54) is 26.0 Å². The van der Waals surface area contributed by atoms with Gasteiger partial charge in [-0.2, -0.15) is 0 Å². The zero-order valence-corrected chi connectivity index (χ0v) is 31.1. The molecule has 1 aliphatic carbocycles. The van der Waals surface area contributed by atoms with Crippen LogP contribution in [0, 0.1) is 11.8 Å². The summed E-state index contributed by atoms with van der Waals surface area (Å²) in [7, 11) is -3.87. The maximum atomic E-state index is 14.1. The molecule has 1 aromatic heterocycles. The molecule has 274 valence electrons. The zero-order valence-electron chi connectivity index (χ0n) is 30.3. The van der Waals surface area contributed by atoms with Crippen LogP contribution in [0.3, 0.4) is 0 Å². The number of aliphatic hydroxyl groups is 1. The minimum atomic E-state index is -3.87. The van der Waals surface area contributed by atoms with Gasteiger partial charge in [-0.25, -0.2) is 8.42 Å². The zero-order chi connectivity index (χ0) is 36.7. The number of β-amino-alcohol motifs (C(OH)–C–C–N with tert-alkyl or cyclic N) is 1. The Kier molecular flexibility index (Phi) is 13.0. The van der Waals surface area contributed by atoms with Gasteiger partial charge in [0.1, 0.15) is 6.04 Å². The van der Waals surface area contributed by atoms with E-state index in [4.69, 9.17) is 0 Å². The number of carbonyl (C=O) groups excluding carboxylic acids is 3. The van der Waals surface area contributed by atoms with Gasteiger partial charge in [0.25, 0.3) is 0 Å². The molecule has 2 fully saturated rings. The molecule has 3 amide bonds. The monoisotopic (exact) mass is 709 g/mol. The summed E-state index contributed by atoms with van der Waals surface area (Å²) in [5, 5.41) is 20.6. The lowest BCUT2D eigenvalue weighted by atomic mass is 9.72. The standard InChI is InChI=1S/C38H55N5O6S/c1-37(2,3)42-35(46)31-22-28-16-10-11-17-29(28)24-43(31)25-32(44)30(21-26-13-8-7-9-14-26)40-36(47)34(38(4,5)50(6,48)49)41-33(45)19-18-27-15-12-20-39-23-27/h7-9,12-15,18-20,23,28-32,34,44H,10-11,16-17,21-22,24-25H2,1-6H3,(H,40,47)(H,41,45)(H,42,46)/b19-18+. The molecule has 1 saturated carbocycles. The number of pyridine rings is 1. The molecule has 6 atom stereocenters. The third kappa shape index (κ3) is 10.7. The van der Waals surface area contributed by atoms with Crippen LogP contribution in [0.2, 0.25) is 0 Å². The molecule has 1 aromatic carbocycles. The highest BCUT2D eigenvalue weighted by molar-refractivity contribution is 7.92. The summed E-state index contributed by atoms with van der Waals surface area (Å²) in [5.41, 5.74) is 1.09. The van der Waals surface area contributed by atoms with E-state index < -0.39 is 56.2 Å². The van der Waals surface area contributed by atoms with E-state index in [0.717, 1.165) is 37.5 Å². The molecule has 50 heavy (non-hydrogen) atoms. The van der Waals surface area contributed by atoms with Gasteiger partial charge in [-0.1, -0.05) is 55.7 Å². The van der Waals surface area contributed by atoms with E-state index in [1.54, 1.807) is 24.5 Å². The lowest BCUT2D eigenvalue weighted by molar-refractivity contribution is -0.133. The predicted octanol–water partition coefficient (Wildman–Crippen LogP) is 3.29. The highest BCUT2D eigenvalue weighted by atomic mass is 32.2. The normalized spacial score (nSPS) is 22.2. The summed E-state index contributed by atoms with van der Waals surface area (Å²) < 4.78 is 24.3. The summed E-state index contributed by atoms with van der Waals surface area (Å²) >= 11 is 0. The average molecular weight is 710 g/mol. The topological polar surface area (TPSA) is 158 Å². The van der Waals surface area contributed by atoms with E-state index in [9.17, 15) is 27.9 Å². The fourth-order valence-electron chi connectivity index (χ4n) is 7.02. The fourth-order valence-corrected chi connectivity index (χ4v) is 7.61. The van der Waals surface area contributed by atoms with Gasteiger partial charge in [0, 0.05) is 43.4 Å². The Bertz CT molecular complexity index is 1590. The molecular formula is C38H55N5O6S. The minimum absolute atomic E-state index is 0.0746. The van der Waals surface area contributed by atoms with Gasteiger partial charge in [-0.15, -0.1) is 0 Å². The van der Waals surface area contributed by atoms with E-state index in [2.05, 4.69) is 25.8 Å². The molecular weight excluding hydrogens is 655 g/mol. The van der Waals surface area contributed by atoms with Gasteiger partial charge in [0.05, 0.1) is 22.9 Å². The number of benzene rings is 1. The summed E-state index contributed by atoms with van der Waals surface area (Å²) in [6.45, 7) is 9.43. The average Bonchev–Trinajstić information content (AvgIpc) is 3.05. The van der Waals surface area contributed by atoms with Gasteiger partial charge in [0.15, 0.2) is 9.84 Å². The molecule has 0 radical (unpaired) electrons. The fraction of sp³-hybridized carbons (Fsp3) is 0.579. The number of aromatic nitrogens is 1. The number of likely N-dealkylation sites (tertiary alicyclic amines) is 1. The number of amides is 3. The van der Waals surface area contributed by atoms with Gasteiger partial charge in [-0.05, 0) is 89.0 Å². The van der Waals surface area contributed by atoms with Crippen molar-refractivity contribution >= 4 is 33.6 Å². The molecule has 1 aliphatic heterocycles. The van der Waals surface area contributed by atoms with Crippen LogP contribution in [0.15, 0.2) is 60.9 Å². The SMILES string of the molecule is CC(C)(C)NC(=O)C1CC2CCCCC2CN1CC(O)C(Cc1ccccc1)NC(=O)C(NC(=O)/C=C/c1cccnc1)C(C)(C)S(C)(=O)=O. The Labute approximate surface area is 297 Å². The van der Waals surface area contributed by atoms with Gasteiger partial charge in [0.2, 0.25) is 17.7 Å². The number of nitrogens with zero attached hydrogens (tertiary/aromatic N) is 2. The number of hydrogen-bond donors (Lipinski definition) is 4. The second-order valence-corrected chi connectivity index (χ2v) is 18.2. The van der Waals surface area contributed by atoms with E-state index >= 15 is 0 Å². The van der Waals surface area contributed by atoms with Crippen molar-refractivity contribution in [3.63, 3.8) is 0 Å². The van der Waals surface area contributed by atoms with Crippen molar-refractivity contribution < 1.29 is 27.9 Å². The van der Waals surface area contributed by atoms with Crippen molar-refractivity contribution in [2.75, 3.05) is 19.3 Å². The first kappa shape index (κ1) is 39.2. The molecule has 0 spiro atoms. The Morgan fingerprint density at radius 3 is 2.30 bits per heavy atom. The molecule has 4 N–H and O–H groups in total. The molecule has 11 nitrogen and oxygen atoms in total. The summed E-state index contributed by atoms with van der Waals surface area (Å²) in [6, 6.07) is 10.1. The summed E-state index contributed by atoms with van der Waals surface area (Å²) in [4.78, 5) is 47.0. The Balaban J connectivity index is 1.61. The van der Waals surface area contributed by atoms with Crippen LogP contribution in [0.4, 0.5) is 0 Å². The van der Waals surface area contributed by atoms with Crippen LogP contribution in [-0.2, 0) is 30.6 Å². The van der Waals surface area contributed by atoms with Crippen molar-refractivity contribution in [3.05, 3.63) is 72.1 Å². The number of hydrogen-bond acceptors (Lipinski definition) is 8. The van der Waals surface area contributed by atoms with Crippen molar-refractivity contribution in [2.45, 2.75) is 108 Å². The second-order valence-electron chi connectivity index (χ2n) is 15.6. The molecule has 2 heterocycles. The smallest absolute Gasteiger partial charge is 0.244 e. The van der Waals surface area contributed by atoms with Gasteiger partial charge >= 0.3 is 0 Å². The van der Waals surface area contributed by atoms with Crippen LogP contribution in [0.25, 0.3) is 6.08 Å². The van der Waals surface area contributed by atoms with E-state index in [1.807, 2.05) is 51.1 Å². The Hall–Kier alpha value is -3.61. The number of carbonyl (C=O) groups is 3. The maximum Gasteiger partial charge on any atom is 0.244 e. The first-order valence-electron chi connectivity index (χ1n) is 17.6. The van der Waals surface area contributed by atoms with Crippen LogP contribution >= 0.6 is 0 Å². The number of fused-ring (bicyclic) bond motifs is 1. The minimum Gasteiger partial charge on any atom is -0.390 e. The molecule has 2 aliphatic rings. The van der Waals surface area contributed by atoms with Crippen LogP contribution in [0.1, 0.15) is 77.8 Å². The van der Waals surface area contributed by atoms with Crippen molar-refractivity contribution in [1.82, 2.24) is 25.8 Å². The number of aliphatic hydroxyl groups excluding tert-OH is 1. The Morgan fingerprint density at radius 1 is 1.00 bits per heavy atom. The summed E-state index contributed by atoms with van der Waals surface area (Å²) in [5.74, 6) is -0.603. The maximum absolute atomic E-state index is 14.1. The predicted molar refractivity (Wildman–Crippen MR) is 196 cm³/mol. The second kappa shape index (κ2) is 16.6. The highest BCUT2D eigenvalue weighted by Gasteiger charge is 2.46. The number of piperidine rings is 1. The Morgan fingerprint density at radius 2 is 1.68 bits per heavy atom. The molecule has 0 bridgehead atoms. The van der Waals surface area contributed by atoms with Gasteiger partial charge in [-0.3, -0.25) is 24.3 Å². The number of nitrogens with one attached hydrogen (secondary N) is 3. The molecule has 6 unspecified atom stereocenters. The number of rotatable bonds is 13. The molecule has 2 aromatic rings. The van der Waals surface area contributed by atoms with Crippen LogP contribution in [0.5, 0.6) is 0 Å². The summed E-state index contributed by atoms with van der Waals surface area (Å²) in [6.07, 6.45) is 11.2. The first-order valence-corrected chi connectivity index (χ1v) is 19.5. The lowest BCUT2D eigenvalue weighted by Crippen LogP contribution is -2.64. The van der Waals surface area contributed by atoms with Crippen molar-refractivity contribution in [1.29, 1.82) is 0 Å². The van der Waals surface area contributed by atoms with Crippen molar-refractivity contribution in [2.24, 2.45) is 11.8 Å². The number of sulfone groups is 1. The van der Waals surface area contributed by atoms with E-state index in [0.29, 0.717) is 30.4 Å². The largest absolute Gasteiger partial charge is 0.390 e.